The maximum absolute atomic E-state index is 11.8. The Morgan fingerprint density at radius 2 is 1.95 bits per heavy atom. The van der Waals surface area contributed by atoms with Gasteiger partial charge in [-0.3, -0.25) is 9.78 Å². The molecule has 0 bridgehead atoms. The van der Waals surface area contributed by atoms with Crippen LogP contribution in [0.25, 0.3) is 0 Å². The van der Waals surface area contributed by atoms with Crippen LogP contribution in [0.5, 0.6) is 0 Å². The van der Waals surface area contributed by atoms with Crippen LogP contribution in [0.2, 0.25) is 5.02 Å². The van der Waals surface area contributed by atoms with E-state index >= 15 is 0 Å². The fraction of sp³-hybridized carbons (Fsp3) is 0.0714. The molecule has 0 aliphatic rings. The second kappa shape index (κ2) is 6.11. The summed E-state index contributed by atoms with van der Waals surface area (Å²) >= 11 is 5.82. The maximum Gasteiger partial charge on any atom is 0.271 e. The Hall–Kier alpha value is -2.20. The summed E-state index contributed by atoms with van der Waals surface area (Å²) in [6.07, 6.45) is 3.35. The van der Waals surface area contributed by atoms with Gasteiger partial charge in [-0.1, -0.05) is 17.7 Å². The lowest BCUT2D eigenvalue weighted by molar-refractivity contribution is 0.0955. The van der Waals surface area contributed by atoms with Crippen molar-refractivity contribution in [2.24, 2.45) is 5.10 Å². The lowest BCUT2D eigenvalue weighted by Gasteiger charge is -2.03. The Morgan fingerprint density at radius 1 is 1.21 bits per heavy atom. The number of pyridine rings is 1. The third-order valence-electron chi connectivity index (χ3n) is 2.51. The van der Waals surface area contributed by atoms with Gasteiger partial charge < -0.3 is 0 Å². The summed E-state index contributed by atoms with van der Waals surface area (Å²) < 4.78 is 0. The largest absolute Gasteiger partial charge is 0.271 e. The molecule has 1 heterocycles. The van der Waals surface area contributed by atoms with Crippen molar-refractivity contribution in [3.05, 3.63) is 64.9 Å². The van der Waals surface area contributed by atoms with E-state index in [2.05, 4.69) is 15.5 Å². The van der Waals surface area contributed by atoms with Crippen LogP contribution in [0.1, 0.15) is 22.8 Å². The van der Waals surface area contributed by atoms with Crippen molar-refractivity contribution in [2.45, 2.75) is 6.92 Å². The predicted molar refractivity (Wildman–Crippen MR) is 75.4 cm³/mol. The first-order valence-electron chi connectivity index (χ1n) is 5.67. The highest BCUT2D eigenvalue weighted by molar-refractivity contribution is 6.30. The van der Waals surface area contributed by atoms with Crippen LogP contribution in [-0.4, -0.2) is 16.6 Å². The Bertz CT molecular complexity index is 611. The molecule has 0 aliphatic heterocycles. The van der Waals surface area contributed by atoms with Crippen LogP contribution in [0, 0.1) is 0 Å². The van der Waals surface area contributed by atoms with Gasteiger partial charge in [-0.2, -0.15) is 5.10 Å². The number of hydrazone groups is 1. The Kier molecular flexibility index (Phi) is 4.26. The van der Waals surface area contributed by atoms with Gasteiger partial charge in [0.05, 0.1) is 5.71 Å². The van der Waals surface area contributed by atoms with Crippen molar-refractivity contribution in [1.29, 1.82) is 0 Å². The Morgan fingerprint density at radius 3 is 2.63 bits per heavy atom. The molecule has 1 aromatic carbocycles. The molecule has 0 spiro atoms. The molecule has 19 heavy (non-hydrogen) atoms. The second-order valence-electron chi connectivity index (χ2n) is 3.88. The van der Waals surface area contributed by atoms with E-state index in [0.29, 0.717) is 16.3 Å². The first-order valence-corrected chi connectivity index (χ1v) is 6.05. The normalized spacial score (nSPS) is 11.2. The number of amides is 1. The highest BCUT2D eigenvalue weighted by atomic mass is 35.5. The minimum absolute atomic E-state index is 0.295. The SMILES string of the molecule is CC(=NNC(=O)c1cccc(Cl)c1)c1ccncc1. The summed E-state index contributed by atoms with van der Waals surface area (Å²) in [5.74, 6) is -0.295. The average molecular weight is 274 g/mol. The van der Waals surface area contributed by atoms with Crippen LogP contribution < -0.4 is 5.43 Å². The third-order valence-corrected chi connectivity index (χ3v) is 2.75. The molecule has 2 rings (SSSR count). The van der Waals surface area contributed by atoms with E-state index in [9.17, 15) is 4.79 Å². The number of hydrogen-bond acceptors (Lipinski definition) is 3. The fourth-order valence-electron chi connectivity index (χ4n) is 1.49. The smallest absolute Gasteiger partial charge is 0.267 e. The van der Waals surface area contributed by atoms with E-state index in [1.807, 2.05) is 19.1 Å². The number of nitrogens with one attached hydrogen (secondary N) is 1. The number of carbonyl (C=O) groups is 1. The zero-order valence-electron chi connectivity index (χ0n) is 10.3. The molecule has 2 aromatic rings. The molecule has 0 fully saturated rings. The summed E-state index contributed by atoms with van der Waals surface area (Å²) in [5, 5.41) is 4.56. The second-order valence-corrected chi connectivity index (χ2v) is 4.32. The van der Waals surface area contributed by atoms with Crippen LogP contribution in [0.3, 0.4) is 0 Å². The van der Waals surface area contributed by atoms with Crippen LogP contribution in [-0.2, 0) is 0 Å². The van der Waals surface area contributed by atoms with Crippen molar-refractivity contribution in [2.75, 3.05) is 0 Å². The van der Waals surface area contributed by atoms with Gasteiger partial charge in [-0.25, -0.2) is 5.43 Å². The highest BCUT2D eigenvalue weighted by Gasteiger charge is 2.05. The van der Waals surface area contributed by atoms with Crippen molar-refractivity contribution in [1.82, 2.24) is 10.4 Å². The van der Waals surface area contributed by atoms with Crippen LogP contribution in [0.15, 0.2) is 53.9 Å². The third kappa shape index (κ3) is 3.63. The molecule has 1 amide bonds. The summed E-state index contributed by atoms with van der Waals surface area (Å²) in [5.41, 5.74) is 4.58. The molecular formula is C14H12ClN3O. The minimum Gasteiger partial charge on any atom is -0.267 e. The number of hydrogen-bond donors (Lipinski definition) is 1. The zero-order chi connectivity index (χ0) is 13.7. The summed E-state index contributed by atoms with van der Waals surface area (Å²) in [7, 11) is 0. The Labute approximate surface area is 116 Å². The fourth-order valence-corrected chi connectivity index (χ4v) is 1.68. The molecule has 0 saturated carbocycles. The number of benzene rings is 1. The molecule has 5 heteroatoms. The van der Waals surface area contributed by atoms with E-state index in [0.717, 1.165) is 5.56 Å². The quantitative estimate of drug-likeness (QED) is 0.690. The van der Waals surface area contributed by atoms with Gasteiger partial charge in [0.2, 0.25) is 0 Å². The molecule has 0 aliphatic carbocycles. The summed E-state index contributed by atoms with van der Waals surface area (Å²) in [6.45, 7) is 1.81. The first kappa shape index (κ1) is 13.2. The molecule has 4 nitrogen and oxygen atoms in total. The van der Waals surface area contributed by atoms with Crippen LogP contribution >= 0.6 is 11.6 Å². The van der Waals surface area contributed by atoms with Crippen molar-refractivity contribution in [3.8, 4) is 0 Å². The topological polar surface area (TPSA) is 54.4 Å². The predicted octanol–water partition coefficient (Wildman–Crippen LogP) is 2.89. The van der Waals surface area contributed by atoms with Gasteiger partial charge >= 0.3 is 0 Å². The van der Waals surface area contributed by atoms with Gasteiger partial charge in [0.1, 0.15) is 0 Å². The number of aromatic nitrogens is 1. The van der Waals surface area contributed by atoms with Gasteiger partial charge in [0, 0.05) is 28.5 Å². The minimum atomic E-state index is -0.295. The van der Waals surface area contributed by atoms with E-state index in [4.69, 9.17) is 11.6 Å². The van der Waals surface area contributed by atoms with E-state index < -0.39 is 0 Å². The van der Waals surface area contributed by atoms with Crippen molar-refractivity contribution >= 4 is 23.2 Å². The van der Waals surface area contributed by atoms with E-state index in [1.165, 1.54) is 0 Å². The molecule has 96 valence electrons. The molecule has 1 aromatic heterocycles. The first-order chi connectivity index (χ1) is 9.16. The molecule has 1 N–H and O–H groups in total. The molecule has 0 unspecified atom stereocenters. The van der Waals surface area contributed by atoms with E-state index in [-0.39, 0.29) is 5.91 Å². The van der Waals surface area contributed by atoms with Crippen LogP contribution in [0.4, 0.5) is 0 Å². The number of halogens is 1. The number of nitrogens with zero attached hydrogens (tertiary/aromatic N) is 2. The van der Waals surface area contributed by atoms with Gasteiger partial charge in [-0.15, -0.1) is 0 Å². The maximum atomic E-state index is 11.8. The standard InChI is InChI=1S/C14H12ClN3O/c1-10(11-5-7-16-8-6-11)17-18-14(19)12-3-2-4-13(15)9-12/h2-9H,1H3,(H,18,19). The monoisotopic (exact) mass is 273 g/mol. The molecule has 0 saturated heterocycles. The lowest BCUT2D eigenvalue weighted by Crippen LogP contribution is -2.19. The highest BCUT2D eigenvalue weighted by Crippen LogP contribution is 2.10. The van der Waals surface area contributed by atoms with E-state index in [1.54, 1.807) is 36.7 Å². The molecule has 0 radical (unpaired) electrons. The van der Waals surface area contributed by atoms with Gasteiger partial charge in [-0.05, 0) is 37.3 Å². The lowest BCUT2D eigenvalue weighted by atomic mass is 10.2. The molecule has 0 atom stereocenters. The zero-order valence-corrected chi connectivity index (χ0v) is 11.1. The van der Waals surface area contributed by atoms with Gasteiger partial charge in [0.15, 0.2) is 0 Å². The number of rotatable bonds is 3. The van der Waals surface area contributed by atoms with Crippen molar-refractivity contribution < 1.29 is 4.79 Å². The summed E-state index contributed by atoms with van der Waals surface area (Å²) in [4.78, 5) is 15.8. The van der Waals surface area contributed by atoms with Gasteiger partial charge in [0.25, 0.3) is 5.91 Å². The number of carbonyl (C=O) groups excluding carboxylic acids is 1. The Balaban J connectivity index is 2.08. The van der Waals surface area contributed by atoms with Crippen molar-refractivity contribution in [3.63, 3.8) is 0 Å². The summed E-state index contributed by atoms with van der Waals surface area (Å²) in [6, 6.07) is 10.3. The average Bonchev–Trinajstić information content (AvgIpc) is 2.45. The molecular weight excluding hydrogens is 262 g/mol.